The quantitative estimate of drug-likeness (QED) is 0.681. The van der Waals surface area contributed by atoms with Crippen LogP contribution in [0.3, 0.4) is 0 Å². The fourth-order valence-electron chi connectivity index (χ4n) is 3.50. The van der Waals surface area contributed by atoms with Crippen molar-refractivity contribution in [3.63, 3.8) is 0 Å². The van der Waals surface area contributed by atoms with Crippen LogP contribution >= 0.6 is 11.8 Å². The molecule has 1 unspecified atom stereocenters. The van der Waals surface area contributed by atoms with E-state index < -0.39 is 0 Å². The number of nitrogens with zero attached hydrogens (tertiary/aromatic N) is 3. The van der Waals surface area contributed by atoms with E-state index in [9.17, 15) is 9.59 Å². The van der Waals surface area contributed by atoms with Gasteiger partial charge in [-0.25, -0.2) is 4.98 Å². The van der Waals surface area contributed by atoms with Gasteiger partial charge in [0.25, 0.3) is 11.5 Å². The fourth-order valence-corrected chi connectivity index (χ4v) is 4.41. The Labute approximate surface area is 170 Å². The molecule has 5 rings (SSSR count). The van der Waals surface area contributed by atoms with Crippen molar-refractivity contribution in [3.8, 4) is 17.2 Å². The summed E-state index contributed by atoms with van der Waals surface area (Å²) in [6.45, 7) is 2.23. The van der Waals surface area contributed by atoms with Crippen molar-refractivity contribution >= 4 is 17.7 Å². The van der Waals surface area contributed by atoms with Gasteiger partial charge in [-0.2, -0.15) is 0 Å². The van der Waals surface area contributed by atoms with Crippen LogP contribution < -0.4 is 19.8 Å². The number of carbonyl (C=O) groups excluding carboxylic acids is 1. The largest absolute Gasteiger partial charge is 0.491 e. The lowest BCUT2D eigenvalue weighted by Crippen LogP contribution is -2.49. The van der Waals surface area contributed by atoms with Gasteiger partial charge in [-0.3, -0.25) is 14.2 Å². The lowest BCUT2D eigenvalue weighted by Gasteiger charge is -2.32. The first kappa shape index (κ1) is 18.3. The number of benzene rings is 1. The lowest BCUT2D eigenvalue weighted by atomic mass is 10.2. The highest BCUT2D eigenvalue weighted by Crippen LogP contribution is 2.35. The molecule has 0 spiro atoms. The van der Waals surface area contributed by atoms with Crippen molar-refractivity contribution in [1.82, 2.24) is 14.5 Å². The van der Waals surface area contributed by atoms with E-state index in [1.807, 2.05) is 0 Å². The van der Waals surface area contributed by atoms with Gasteiger partial charge in [-0.05, 0) is 12.1 Å². The molecule has 9 nitrogen and oxygen atoms in total. The minimum absolute atomic E-state index is 0.105. The lowest BCUT2D eigenvalue weighted by molar-refractivity contribution is -0.0402. The Hall–Kier alpha value is -2.72. The van der Waals surface area contributed by atoms with Gasteiger partial charge in [-0.15, -0.1) is 0 Å². The van der Waals surface area contributed by atoms with Crippen molar-refractivity contribution in [2.75, 3.05) is 38.8 Å². The van der Waals surface area contributed by atoms with Crippen LogP contribution in [0.5, 0.6) is 17.2 Å². The van der Waals surface area contributed by atoms with Crippen LogP contribution in [-0.4, -0.2) is 65.3 Å². The summed E-state index contributed by atoms with van der Waals surface area (Å²) in [5, 5.41) is 0.670. The van der Waals surface area contributed by atoms with Crippen molar-refractivity contribution < 1.29 is 23.7 Å². The fraction of sp³-hybridized carbons (Fsp3) is 0.421. The van der Waals surface area contributed by atoms with Crippen LogP contribution in [0, 0.1) is 0 Å². The maximum atomic E-state index is 12.9. The Balaban J connectivity index is 1.24. The molecule has 3 aliphatic rings. The third-order valence-electron chi connectivity index (χ3n) is 4.99. The minimum atomic E-state index is -0.314. The molecule has 4 heterocycles. The summed E-state index contributed by atoms with van der Waals surface area (Å²) in [4.78, 5) is 31.4. The summed E-state index contributed by atoms with van der Waals surface area (Å²) in [6, 6.07) is 5.36. The second-order valence-electron chi connectivity index (χ2n) is 6.83. The van der Waals surface area contributed by atoms with Gasteiger partial charge in [0.2, 0.25) is 6.79 Å². The zero-order chi connectivity index (χ0) is 19.8. The number of ether oxygens (including phenoxy) is 4. The van der Waals surface area contributed by atoms with Crippen molar-refractivity contribution in [2.24, 2.45) is 0 Å². The molecule has 1 saturated heterocycles. The molecule has 1 atom stereocenters. The summed E-state index contributed by atoms with van der Waals surface area (Å²) >= 11 is 1.52. The number of aromatic nitrogens is 2. The maximum Gasteiger partial charge on any atom is 0.267 e. The number of fused-ring (bicyclic) bond motifs is 2. The van der Waals surface area contributed by atoms with Crippen LogP contribution in [0.25, 0.3) is 0 Å². The molecule has 1 amide bonds. The standard InChI is InChI=1S/C19H19N3O6S/c23-17(14-8-20-19-22(18(14)24)4-6-29-19)21-3-5-25-13(9-21)10-26-12-1-2-15-16(7-12)28-11-27-15/h1-2,7-8,13H,3-6,9-11H2. The average molecular weight is 417 g/mol. The van der Waals surface area contributed by atoms with Crippen LogP contribution in [0.15, 0.2) is 34.3 Å². The first-order valence-corrected chi connectivity index (χ1v) is 10.3. The monoisotopic (exact) mass is 417 g/mol. The van der Waals surface area contributed by atoms with Crippen LogP contribution in [0.4, 0.5) is 0 Å². The molecule has 3 aliphatic heterocycles. The number of thioether (sulfide) groups is 1. The summed E-state index contributed by atoms with van der Waals surface area (Å²) in [6.07, 6.45) is 1.10. The van der Waals surface area contributed by atoms with Gasteiger partial charge in [-0.1, -0.05) is 11.8 Å². The molecule has 1 aromatic carbocycles. The SMILES string of the molecule is O=C(c1cnc2n(c1=O)CCS2)N1CCOC(COc2ccc3c(c2)OCO3)C1. The molecule has 0 bridgehead atoms. The number of morpholine rings is 1. The van der Waals surface area contributed by atoms with E-state index in [1.165, 1.54) is 18.0 Å². The maximum absolute atomic E-state index is 12.9. The highest BCUT2D eigenvalue weighted by atomic mass is 32.2. The zero-order valence-corrected chi connectivity index (χ0v) is 16.4. The van der Waals surface area contributed by atoms with Crippen LogP contribution in [0.2, 0.25) is 0 Å². The first-order valence-electron chi connectivity index (χ1n) is 9.35. The Morgan fingerprint density at radius 2 is 2.17 bits per heavy atom. The normalized spacial score (nSPS) is 19.9. The van der Waals surface area contributed by atoms with Crippen LogP contribution in [0.1, 0.15) is 10.4 Å². The van der Waals surface area contributed by atoms with Gasteiger partial charge in [0.1, 0.15) is 24.0 Å². The van der Waals surface area contributed by atoms with E-state index in [4.69, 9.17) is 18.9 Å². The third kappa shape index (κ3) is 3.53. The van der Waals surface area contributed by atoms with Gasteiger partial charge in [0.15, 0.2) is 16.7 Å². The number of hydrogen-bond acceptors (Lipinski definition) is 8. The van der Waals surface area contributed by atoms with Gasteiger partial charge < -0.3 is 23.8 Å². The molecule has 0 N–H and O–H groups in total. The minimum Gasteiger partial charge on any atom is -0.491 e. The predicted molar refractivity (Wildman–Crippen MR) is 103 cm³/mol. The first-order chi connectivity index (χ1) is 14.2. The van der Waals surface area contributed by atoms with Gasteiger partial charge >= 0.3 is 0 Å². The predicted octanol–water partition coefficient (Wildman–Crippen LogP) is 0.998. The summed E-state index contributed by atoms with van der Waals surface area (Å²) in [7, 11) is 0. The summed E-state index contributed by atoms with van der Waals surface area (Å²) in [5.74, 6) is 2.46. The number of rotatable bonds is 4. The molecule has 0 saturated carbocycles. The number of amides is 1. The van der Waals surface area contributed by atoms with E-state index in [2.05, 4.69) is 4.98 Å². The van der Waals surface area contributed by atoms with E-state index >= 15 is 0 Å². The third-order valence-corrected chi connectivity index (χ3v) is 5.96. The molecular weight excluding hydrogens is 398 g/mol. The van der Waals surface area contributed by atoms with Crippen LogP contribution in [-0.2, 0) is 11.3 Å². The zero-order valence-electron chi connectivity index (χ0n) is 15.5. The number of carbonyl (C=O) groups is 1. The Bertz CT molecular complexity index is 1010. The van der Waals surface area contributed by atoms with Crippen molar-refractivity contribution in [2.45, 2.75) is 17.8 Å². The van der Waals surface area contributed by atoms with E-state index in [1.54, 1.807) is 27.7 Å². The summed E-state index contributed by atoms with van der Waals surface area (Å²) < 4.78 is 23.7. The topological polar surface area (TPSA) is 92.1 Å². The molecule has 1 aromatic heterocycles. The molecule has 0 radical (unpaired) electrons. The molecule has 10 heteroatoms. The number of hydrogen-bond donors (Lipinski definition) is 0. The highest BCUT2D eigenvalue weighted by Gasteiger charge is 2.29. The second-order valence-corrected chi connectivity index (χ2v) is 7.89. The smallest absolute Gasteiger partial charge is 0.267 e. The van der Waals surface area contributed by atoms with E-state index in [-0.39, 0.29) is 36.5 Å². The molecule has 29 heavy (non-hydrogen) atoms. The van der Waals surface area contributed by atoms with E-state index in [0.29, 0.717) is 48.6 Å². The second kappa shape index (κ2) is 7.60. The molecule has 2 aromatic rings. The Morgan fingerprint density at radius 1 is 1.28 bits per heavy atom. The Morgan fingerprint density at radius 3 is 3.10 bits per heavy atom. The van der Waals surface area contributed by atoms with E-state index in [0.717, 1.165) is 5.75 Å². The molecule has 152 valence electrons. The van der Waals surface area contributed by atoms with Gasteiger partial charge in [0.05, 0.1) is 13.2 Å². The molecular formula is C19H19N3O6S. The summed E-state index contributed by atoms with van der Waals surface area (Å²) in [5.41, 5.74) is -0.168. The van der Waals surface area contributed by atoms with Gasteiger partial charge in [0, 0.05) is 31.1 Å². The average Bonchev–Trinajstić information content (AvgIpc) is 3.41. The molecule has 0 aliphatic carbocycles. The van der Waals surface area contributed by atoms with Crippen molar-refractivity contribution in [3.05, 3.63) is 40.3 Å². The Kier molecular flexibility index (Phi) is 4.80. The van der Waals surface area contributed by atoms with Crippen molar-refractivity contribution in [1.29, 1.82) is 0 Å². The highest BCUT2D eigenvalue weighted by molar-refractivity contribution is 7.99. The molecule has 1 fully saturated rings.